The van der Waals surface area contributed by atoms with Crippen LogP contribution in [0.2, 0.25) is 0 Å². The molecule has 0 aromatic heterocycles. The number of aliphatic imine (C=N–C) groups is 1. The van der Waals surface area contributed by atoms with E-state index in [9.17, 15) is 4.79 Å². The molecule has 13 heavy (non-hydrogen) atoms. The minimum absolute atomic E-state index is 0.404. The van der Waals surface area contributed by atoms with Crippen molar-refractivity contribution in [1.29, 1.82) is 0 Å². The minimum Gasteiger partial charge on any atom is -0.480 e. The first-order valence-electron chi connectivity index (χ1n) is 4.81. The summed E-state index contributed by atoms with van der Waals surface area (Å²) in [5, 5.41) is 11.7. The van der Waals surface area contributed by atoms with Crippen molar-refractivity contribution >= 4 is 11.8 Å². The third-order valence-corrected chi connectivity index (χ3v) is 2.81. The molecule has 2 rings (SSSR count). The first kappa shape index (κ1) is 8.53. The zero-order valence-corrected chi connectivity index (χ0v) is 7.49. The van der Waals surface area contributed by atoms with E-state index in [1.807, 2.05) is 0 Å². The lowest BCUT2D eigenvalue weighted by Gasteiger charge is -2.11. The van der Waals surface area contributed by atoms with Gasteiger partial charge in [-0.25, -0.2) is 4.79 Å². The summed E-state index contributed by atoms with van der Waals surface area (Å²) in [4.78, 5) is 14.9. The van der Waals surface area contributed by atoms with Crippen molar-refractivity contribution < 1.29 is 9.90 Å². The Morgan fingerprint density at radius 1 is 1.46 bits per heavy atom. The summed E-state index contributed by atoms with van der Waals surface area (Å²) < 4.78 is 0. The van der Waals surface area contributed by atoms with Crippen LogP contribution in [0.25, 0.3) is 0 Å². The molecule has 1 aliphatic carbocycles. The van der Waals surface area contributed by atoms with E-state index in [1.54, 1.807) is 0 Å². The molecule has 0 saturated heterocycles. The number of hydrogen-bond acceptors (Lipinski definition) is 3. The Kier molecular flexibility index (Phi) is 2.20. The Morgan fingerprint density at radius 3 is 2.69 bits per heavy atom. The average molecular weight is 182 g/mol. The van der Waals surface area contributed by atoms with Gasteiger partial charge in [-0.05, 0) is 12.8 Å². The highest BCUT2D eigenvalue weighted by Crippen LogP contribution is 2.26. The summed E-state index contributed by atoms with van der Waals surface area (Å²) in [6.07, 6.45) is 4.84. The monoisotopic (exact) mass is 182 g/mol. The van der Waals surface area contributed by atoms with E-state index in [4.69, 9.17) is 5.11 Å². The van der Waals surface area contributed by atoms with Crippen LogP contribution in [-0.2, 0) is 4.79 Å². The molecular weight excluding hydrogens is 168 g/mol. The summed E-state index contributed by atoms with van der Waals surface area (Å²) in [6.45, 7) is 0.404. The molecule has 2 N–H and O–H groups in total. The fraction of sp³-hybridized carbons (Fsp3) is 0.778. The molecule has 4 nitrogen and oxygen atoms in total. The van der Waals surface area contributed by atoms with Gasteiger partial charge in [0.2, 0.25) is 0 Å². The Labute approximate surface area is 77.0 Å². The van der Waals surface area contributed by atoms with E-state index in [0.717, 1.165) is 18.7 Å². The number of carboxylic acids is 1. The van der Waals surface area contributed by atoms with E-state index in [1.165, 1.54) is 12.8 Å². The molecule has 4 heteroatoms. The second-order valence-electron chi connectivity index (χ2n) is 3.74. The van der Waals surface area contributed by atoms with E-state index >= 15 is 0 Å². The lowest BCUT2D eigenvalue weighted by atomic mass is 10.1. The molecule has 2 aliphatic rings. The van der Waals surface area contributed by atoms with Crippen molar-refractivity contribution in [3.8, 4) is 0 Å². The SMILES string of the molecule is O=C(O)C1CN=C(C2CCCC2)N1. The maximum Gasteiger partial charge on any atom is 0.328 e. The average Bonchev–Trinajstić information content (AvgIpc) is 2.75. The fourth-order valence-electron chi connectivity index (χ4n) is 2.05. The summed E-state index contributed by atoms with van der Waals surface area (Å²) >= 11 is 0. The molecule has 0 amide bonds. The van der Waals surface area contributed by atoms with Crippen molar-refractivity contribution in [2.45, 2.75) is 31.7 Å². The standard InChI is InChI=1S/C9H14N2O2/c12-9(13)7-5-10-8(11-7)6-3-1-2-4-6/h6-7H,1-5H2,(H,10,11)(H,12,13). The maximum atomic E-state index is 10.6. The van der Waals surface area contributed by atoms with Gasteiger partial charge >= 0.3 is 5.97 Å². The highest BCUT2D eigenvalue weighted by atomic mass is 16.4. The van der Waals surface area contributed by atoms with Crippen molar-refractivity contribution in [1.82, 2.24) is 5.32 Å². The highest BCUT2D eigenvalue weighted by molar-refractivity contribution is 5.91. The van der Waals surface area contributed by atoms with Crippen LogP contribution in [0.4, 0.5) is 0 Å². The van der Waals surface area contributed by atoms with Gasteiger partial charge in [-0.2, -0.15) is 0 Å². The van der Waals surface area contributed by atoms with Crippen LogP contribution in [0.3, 0.4) is 0 Å². The van der Waals surface area contributed by atoms with Gasteiger partial charge in [-0.1, -0.05) is 12.8 Å². The van der Waals surface area contributed by atoms with Crippen molar-refractivity contribution in [3.63, 3.8) is 0 Å². The third kappa shape index (κ3) is 1.66. The van der Waals surface area contributed by atoms with Crippen molar-refractivity contribution in [2.75, 3.05) is 6.54 Å². The molecule has 1 fully saturated rings. The second kappa shape index (κ2) is 3.36. The number of nitrogens with one attached hydrogen (secondary N) is 1. The number of nitrogens with zero attached hydrogens (tertiary/aromatic N) is 1. The van der Waals surface area contributed by atoms with Gasteiger partial charge in [0.15, 0.2) is 0 Å². The van der Waals surface area contributed by atoms with Crippen LogP contribution in [0.1, 0.15) is 25.7 Å². The van der Waals surface area contributed by atoms with Crippen molar-refractivity contribution in [3.05, 3.63) is 0 Å². The van der Waals surface area contributed by atoms with Crippen LogP contribution >= 0.6 is 0 Å². The van der Waals surface area contributed by atoms with Gasteiger partial charge in [0.1, 0.15) is 11.9 Å². The molecular formula is C9H14N2O2. The van der Waals surface area contributed by atoms with E-state index in [0.29, 0.717) is 12.5 Å². The zero-order valence-electron chi connectivity index (χ0n) is 7.49. The van der Waals surface area contributed by atoms with Crippen LogP contribution in [0.5, 0.6) is 0 Å². The third-order valence-electron chi connectivity index (χ3n) is 2.81. The Bertz CT molecular complexity index is 244. The number of carboxylic acid groups (broad SMARTS) is 1. The zero-order chi connectivity index (χ0) is 9.26. The van der Waals surface area contributed by atoms with Gasteiger partial charge in [0, 0.05) is 5.92 Å². The van der Waals surface area contributed by atoms with Gasteiger partial charge in [0.05, 0.1) is 6.54 Å². The Balaban J connectivity index is 1.92. The number of hydrogen-bond donors (Lipinski definition) is 2. The molecule has 1 unspecified atom stereocenters. The topological polar surface area (TPSA) is 61.7 Å². The molecule has 1 atom stereocenters. The molecule has 72 valence electrons. The van der Waals surface area contributed by atoms with Crippen LogP contribution in [0.15, 0.2) is 4.99 Å². The number of rotatable bonds is 2. The molecule has 0 bridgehead atoms. The lowest BCUT2D eigenvalue weighted by Crippen LogP contribution is -2.39. The Hall–Kier alpha value is -1.06. The van der Waals surface area contributed by atoms with Crippen LogP contribution in [0, 0.1) is 5.92 Å². The smallest absolute Gasteiger partial charge is 0.328 e. The normalized spacial score (nSPS) is 28.6. The number of aliphatic carboxylic acids is 1. The predicted octanol–water partition coefficient (Wildman–Crippen LogP) is 0.631. The quantitative estimate of drug-likeness (QED) is 0.658. The molecule has 0 aromatic carbocycles. The first-order valence-corrected chi connectivity index (χ1v) is 4.81. The van der Waals surface area contributed by atoms with Gasteiger partial charge < -0.3 is 10.4 Å². The molecule has 0 radical (unpaired) electrons. The highest BCUT2D eigenvalue weighted by Gasteiger charge is 2.29. The summed E-state index contributed by atoms with van der Waals surface area (Å²) in [6, 6.07) is -0.476. The summed E-state index contributed by atoms with van der Waals surface area (Å²) in [5.74, 6) is 0.644. The van der Waals surface area contributed by atoms with E-state index < -0.39 is 12.0 Å². The van der Waals surface area contributed by atoms with Gasteiger partial charge in [-0.3, -0.25) is 4.99 Å². The lowest BCUT2D eigenvalue weighted by molar-refractivity contribution is -0.138. The van der Waals surface area contributed by atoms with E-state index in [-0.39, 0.29) is 0 Å². The number of carbonyl (C=O) groups is 1. The first-order chi connectivity index (χ1) is 6.27. The predicted molar refractivity (Wildman–Crippen MR) is 48.8 cm³/mol. The van der Waals surface area contributed by atoms with Gasteiger partial charge in [0.25, 0.3) is 0 Å². The number of amidine groups is 1. The van der Waals surface area contributed by atoms with Crippen molar-refractivity contribution in [2.24, 2.45) is 10.9 Å². The Morgan fingerprint density at radius 2 is 2.15 bits per heavy atom. The minimum atomic E-state index is -0.795. The summed E-state index contributed by atoms with van der Waals surface area (Å²) in [5.41, 5.74) is 0. The van der Waals surface area contributed by atoms with Crippen LogP contribution < -0.4 is 5.32 Å². The molecule has 1 aliphatic heterocycles. The molecule has 0 spiro atoms. The van der Waals surface area contributed by atoms with E-state index in [2.05, 4.69) is 10.3 Å². The fourth-order valence-corrected chi connectivity index (χ4v) is 2.05. The molecule has 1 saturated carbocycles. The van der Waals surface area contributed by atoms with Gasteiger partial charge in [-0.15, -0.1) is 0 Å². The second-order valence-corrected chi connectivity index (χ2v) is 3.74. The molecule has 1 heterocycles. The molecule has 0 aromatic rings. The summed E-state index contributed by atoms with van der Waals surface area (Å²) in [7, 11) is 0. The van der Waals surface area contributed by atoms with Crippen LogP contribution in [-0.4, -0.2) is 29.5 Å². The maximum absolute atomic E-state index is 10.6. The largest absolute Gasteiger partial charge is 0.480 e.